The number of allylic oxidation sites excluding steroid dienone is 3. The first-order valence-electron chi connectivity index (χ1n) is 7.98. The standard InChI is InChI=1S/C16H24N4O6S2/c1-10(4-2-3-7-17)28-27-9-12(15(24)19-8-14(22)23)20-13(21)6-5-11(18)16(25)26/h2-4,7,11-12H,1,5-6,8-9,17-18H2,(H,19,24)(H,20,21)(H,22,23)(H,25,26)/b4-2-,7-3-/t11?,12-/m1/s1. The van der Waals surface area contributed by atoms with Crippen molar-refractivity contribution < 1.29 is 29.4 Å². The van der Waals surface area contributed by atoms with Crippen LogP contribution in [0, 0.1) is 0 Å². The summed E-state index contributed by atoms with van der Waals surface area (Å²) >= 11 is 0. The lowest BCUT2D eigenvalue weighted by Gasteiger charge is -2.18. The third-order valence-electron chi connectivity index (χ3n) is 2.97. The lowest BCUT2D eigenvalue weighted by molar-refractivity contribution is -0.139. The van der Waals surface area contributed by atoms with E-state index in [2.05, 4.69) is 17.2 Å². The number of carboxylic acid groups (broad SMARTS) is 2. The molecule has 8 N–H and O–H groups in total. The summed E-state index contributed by atoms with van der Waals surface area (Å²) in [5.41, 5.74) is 10.5. The molecule has 28 heavy (non-hydrogen) atoms. The highest BCUT2D eigenvalue weighted by atomic mass is 33.1. The number of hydrogen-bond donors (Lipinski definition) is 6. The van der Waals surface area contributed by atoms with Crippen LogP contribution in [0.4, 0.5) is 0 Å². The summed E-state index contributed by atoms with van der Waals surface area (Å²) in [6, 6.07) is -2.20. The Morgan fingerprint density at radius 2 is 1.86 bits per heavy atom. The quantitative estimate of drug-likeness (QED) is 0.158. The molecule has 0 aliphatic rings. The van der Waals surface area contributed by atoms with Gasteiger partial charge in [-0.1, -0.05) is 34.2 Å². The molecule has 0 heterocycles. The Labute approximate surface area is 170 Å². The van der Waals surface area contributed by atoms with Crippen LogP contribution < -0.4 is 22.1 Å². The molecule has 0 saturated carbocycles. The third-order valence-corrected chi connectivity index (χ3v) is 5.31. The van der Waals surface area contributed by atoms with Gasteiger partial charge in [0, 0.05) is 17.1 Å². The van der Waals surface area contributed by atoms with E-state index in [9.17, 15) is 19.2 Å². The van der Waals surface area contributed by atoms with Crippen LogP contribution in [0.5, 0.6) is 0 Å². The van der Waals surface area contributed by atoms with Crippen molar-refractivity contribution in [1.29, 1.82) is 0 Å². The number of nitrogens with two attached hydrogens (primary N) is 2. The number of carboxylic acids is 2. The zero-order valence-electron chi connectivity index (χ0n) is 15.0. The van der Waals surface area contributed by atoms with Gasteiger partial charge in [-0.3, -0.25) is 19.2 Å². The molecule has 0 saturated heterocycles. The van der Waals surface area contributed by atoms with E-state index in [1.165, 1.54) is 27.8 Å². The fourth-order valence-corrected chi connectivity index (χ4v) is 3.54. The molecular weight excluding hydrogens is 408 g/mol. The highest BCUT2D eigenvalue weighted by Gasteiger charge is 2.22. The number of amides is 2. The van der Waals surface area contributed by atoms with Gasteiger partial charge in [0.15, 0.2) is 0 Å². The maximum atomic E-state index is 12.1. The first-order chi connectivity index (χ1) is 13.2. The number of aliphatic carboxylic acids is 2. The van der Waals surface area contributed by atoms with E-state index >= 15 is 0 Å². The Morgan fingerprint density at radius 3 is 2.43 bits per heavy atom. The summed E-state index contributed by atoms with van der Waals surface area (Å²) in [6.45, 7) is 3.21. The third kappa shape index (κ3) is 12.8. The van der Waals surface area contributed by atoms with Gasteiger partial charge in [0.2, 0.25) is 11.8 Å². The maximum absolute atomic E-state index is 12.1. The molecule has 0 radical (unpaired) electrons. The summed E-state index contributed by atoms with van der Waals surface area (Å²) in [4.78, 5) is 46.1. The summed E-state index contributed by atoms with van der Waals surface area (Å²) in [5, 5.41) is 22.0. The number of hydrogen-bond acceptors (Lipinski definition) is 8. The van der Waals surface area contributed by atoms with Gasteiger partial charge in [-0.2, -0.15) is 0 Å². The smallest absolute Gasteiger partial charge is 0.322 e. The molecule has 0 spiro atoms. The van der Waals surface area contributed by atoms with Crippen molar-refractivity contribution >= 4 is 45.3 Å². The van der Waals surface area contributed by atoms with Crippen molar-refractivity contribution in [2.75, 3.05) is 12.3 Å². The highest BCUT2D eigenvalue weighted by molar-refractivity contribution is 8.78. The number of carbonyl (C=O) groups is 4. The zero-order chi connectivity index (χ0) is 21.5. The Balaban J connectivity index is 4.70. The largest absolute Gasteiger partial charge is 0.480 e. The fourth-order valence-electron chi connectivity index (χ4n) is 1.58. The van der Waals surface area contributed by atoms with Crippen molar-refractivity contribution in [3.63, 3.8) is 0 Å². The average molecular weight is 433 g/mol. The Morgan fingerprint density at radius 1 is 1.18 bits per heavy atom. The van der Waals surface area contributed by atoms with Gasteiger partial charge in [0.1, 0.15) is 18.6 Å². The van der Waals surface area contributed by atoms with Crippen LogP contribution in [0.15, 0.2) is 35.9 Å². The normalized spacial score (nSPS) is 13.2. The number of rotatable bonds is 14. The predicted octanol–water partition coefficient (Wildman–Crippen LogP) is -0.212. The van der Waals surface area contributed by atoms with Crippen LogP contribution in [0.25, 0.3) is 0 Å². The number of carbonyl (C=O) groups excluding carboxylic acids is 2. The van der Waals surface area contributed by atoms with Crippen molar-refractivity contribution in [3.8, 4) is 0 Å². The van der Waals surface area contributed by atoms with E-state index in [0.29, 0.717) is 4.91 Å². The number of nitrogens with one attached hydrogen (secondary N) is 2. The van der Waals surface area contributed by atoms with Crippen molar-refractivity contribution in [2.24, 2.45) is 11.5 Å². The topological polar surface area (TPSA) is 185 Å². The molecule has 12 heteroatoms. The lowest BCUT2D eigenvalue weighted by Crippen LogP contribution is -2.49. The first kappa shape index (κ1) is 25.6. The van der Waals surface area contributed by atoms with Crippen LogP contribution in [0.3, 0.4) is 0 Å². The maximum Gasteiger partial charge on any atom is 0.322 e. The van der Waals surface area contributed by atoms with E-state index in [4.69, 9.17) is 21.7 Å². The van der Waals surface area contributed by atoms with E-state index in [1.807, 2.05) is 0 Å². The second-order valence-corrected chi connectivity index (χ2v) is 7.76. The predicted molar refractivity (Wildman–Crippen MR) is 109 cm³/mol. The van der Waals surface area contributed by atoms with Gasteiger partial charge in [-0.25, -0.2) is 0 Å². The molecule has 0 aliphatic carbocycles. The van der Waals surface area contributed by atoms with Gasteiger partial charge < -0.3 is 32.3 Å². The molecule has 2 atom stereocenters. The lowest BCUT2D eigenvalue weighted by atomic mass is 10.1. The molecule has 1 unspecified atom stereocenters. The summed E-state index contributed by atoms with van der Waals surface area (Å²) < 4.78 is 0. The zero-order valence-corrected chi connectivity index (χ0v) is 16.6. The summed E-state index contributed by atoms with van der Waals surface area (Å²) in [6.07, 6.45) is 6.07. The van der Waals surface area contributed by atoms with E-state index in [1.54, 1.807) is 18.2 Å². The molecule has 156 valence electrons. The highest BCUT2D eigenvalue weighted by Crippen LogP contribution is 2.30. The SMILES string of the molecule is C=C(/C=C\C=C/N)SSC[C@@H](NC(=O)CCC(N)C(=O)O)C(=O)NCC(=O)O. The molecule has 10 nitrogen and oxygen atoms in total. The Kier molecular flexibility index (Phi) is 13.3. The molecule has 0 aromatic heterocycles. The monoisotopic (exact) mass is 432 g/mol. The molecule has 0 bridgehead atoms. The van der Waals surface area contributed by atoms with Crippen molar-refractivity contribution in [1.82, 2.24) is 10.6 Å². The fraction of sp³-hybridized carbons (Fsp3) is 0.375. The van der Waals surface area contributed by atoms with Gasteiger partial charge in [0.25, 0.3) is 0 Å². The van der Waals surface area contributed by atoms with Crippen LogP contribution in [0.2, 0.25) is 0 Å². The molecule has 0 aromatic carbocycles. The van der Waals surface area contributed by atoms with Crippen LogP contribution in [0.1, 0.15) is 12.8 Å². The molecule has 0 rings (SSSR count). The Bertz CT molecular complexity index is 639. The molecule has 2 amide bonds. The minimum atomic E-state index is -1.23. The van der Waals surface area contributed by atoms with Crippen molar-refractivity contribution in [2.45, 2.75) is 24.9 Å². The summed E-state index contributed by atoms with van der Waals surface area (Å²) in [5.74, 6) is -3.55. The van der Waals surface area contributed by atoms with Crippen LogP contribution in [-0.4, -0.2) is 58.3 Å². The molecule has 0 fully saturated rings. The van der Waals surface area contributed by atoms with Crippen LogP contribution in [-0.2, 0) is 19.2 Å². The minimum absolute atomic E-state index is 0.0945. The van der Waals surface area contributed by atoms with Gasteiger partial charge in [-0.05, 0) is 24.8 Å². The summed E-state index contributed by atoms with van der Waals surface area (Å²) in [7, 11) is 2.49. The van der Waals surface area contributed by atoms with E-state index < -0.39 is 42.4 Å². The van der Waals surface area contributed by atoms with Crippen LogP contribution >= 0.6 is 21.6 Å². The first-order valence-corrected chi connectivity index (χ1v) is 10.3. The Hall–Kier alpha value is -2.44. The second-order valence-electron chi connectivity index (χ2n) is 5.29. The molecular formula is C16H24N4O6S2. The van der Waals surface area contributed by atoms with E-state index in [-0.39, 0.29) is 18.6 Å². The minimum Gasteiger partial charge on any atom is -0.480 e. The van der Waals surface area contributed by atoms with Crippen molar-refractivity contribution in [3.05, 3.63) is 35.9 Å². The van der Waals surface area contributed by atoms with Gasteiger partial charge in [-0.15, -0.1) is 0 Å². The van der Waals surface area contributed by atoms with Gasteiger partial charge >= 0.3 is 11.9 Å². The molecule has 0 aromatic rings. The second kappa shape index (κ2) is 14.6. The molecule has 0 aliphatic heterocycles. The van der Waals surface area contributed by atoms with Gasteiger partial charge in [0.05, 0.1) is 0 Å². The van der Waals surface area contributed by atoms with E-state index in [0.717, 1.165) is 0 Å². The average Bonchev–Trinajstić information content (AvgIpc) is 2.63.